The quantitative estimate of drug-likeness (QED) is 0.656. The molecule has 32 heavy (non-hydrogen) atoms. The minimum absolute atomic E-state index is 0.0269. The first-order valence-corrected chi connectivity index (χ1v) is 12.0. The molecule has 2 saturated heterocycles. The van der Waals surface area contributed by atoms with Gasteiger partial charge in [0.25, 0.3) is 5.91 Å². The van der Waals surface area contributed by atoms with Crippen molar-refractivity contribution in [3.05, 3.63) is 58.9 Å². The van der Waals surface area contributed by atoms with Crippen LogP contribution in [0.1, 0.15) is 23.1 Å². The summed E-state index contributed by atoms with van der Waals surface area (Å²) in [4.78, 5) is 28.8. The maximum atomic E-state index is 13.3. The van der Waals surface area contributed by atoms with E-state index in [9.17, 15) is 22.4 Å². The van der Waals surface area contributed by atoms with E-state index in [1.807, 2.05) is 24.0 Å². The summed E-state index contributed by atoms with van der Waals surface area (Å²) in [7, 11) is -3.66. The summed E-state index contributed by atoms with van der Waals surface area (Å²) in [5.41, 5.74) is 2.79. The van der Waals surface area contributed by atoms with Gasteiger partial charge >= 0.3 is 0 Å². The minimum Gasteiger partial charge on any atom is -0.289 e. The Balaban J connectivity index is 1.48. The number of hydrogen-bond donors (Lipinski definition) is 0. The molecule has 0 N–H and O–H groups in total. The van der Waals surface area contributed by atoms with Gasteiger partial charge in [-0.15, -0.1) is 0 Å². The molecule has 2 aliphatic rings. The van der Waals surface area contributed by atoms with Crippen molar-refractivity contribution in [3.63, 3.8) is 0 Å². The summed E-state index contributed by atoms with van der Waals surface area (Å²) in [5.74, 6) is -1.14. The van der Waals surface area contributed by atoms with E-state index < -0.39 is 21.9 Å². The van der Waals surface area contributed by atoms with E-state index in [1.165, 1.54) is 28.6 Å². The molecule has 0 aliphatic carbocycles. The van der Waals surface area contributed by atoms with Gasteiger partial charge in [-0.2, -0.15) is 4.31 Å². The Morgan fingerprint density at radius 1 is 0.906 bits per heavy atom. The molecule has 0 aromatic heterocycles. The van der Waals surface area contributed by atoms with Crippen LogP contribution in [0.4, 0.5) is 10.1 Å². The van der Waals surface area contributed by atoms with Gasteiger partial charge in [-0.25, -0.2) is 17.7 Å². The number of piperazine rings is 1. The zero-order valence-electron chi connectivity index (χ0n) is 18.3. The third-order valence-electron chi connectivity index (χ3n) is 6.12. The summed E-state index contributed by atoms with van der Waals surface area (Å²) in [6, 6.07) is 8.32. The van der Waals surface area contributed by atoms with E-state index >= 15 is 0 Å². The van der Waals surface area contributed by atoms with Gasteiger partial charge in [0.05, 0.1) is 23.0 Å². The van der Waals surface area contributed by atoms with Gasteiger partial charge in [-0.1, -0.05) is 17.7 Å². The Morgan fingerprint density at radius 2 is 1.47 bits per heavy atom. The lowest BCUT2D eigenvalue weighted by Crippen LogP contribution is -2.53. The number of rotatable bonds is 4. The van der Waals surface area contributed by atoms with Gasteiger partial charge in [0.15, 0.2) is 0 Å². The first-order valence-electron chi connectivity index (χ1n) is 10.5. The van der Waals surface area contributed by atoms with Crippen LogP contribution in [0.2, 0.25) is 0 Å². The fourth-order valence-electron chi connectivity index (χ4n) is 4.72. The van der Waals surface area contributed by atoms with Crippen LogP contribution >= 0.6 is 0 Å². The highest BCUT2D eigenvalue weighted by molar-refractivity contribution is 7.89. The highest BCUT2D eigenvalue weighted by Gasteiger charge is 2.44. The molecule has 2 heterocycles. The highest BCUT2D eigenvalue weighted by atomic mass is 32.2. The zero-order valence-corrected chi connectivity index (χ0v) is 19.2. The average molecular weight is 460 g/mol. The standard InChI is InChI=1S/C23H26FN3O4S/c1-15-12-16(2)22(17(3)13-15)32(30,31)26-10-8-25(9-11-26)20-14-21(28)27(23(20)29)19-6-4-18(24)5-7-19/h4-7,12-13,20H,8-11,14H2,1-3H3/t20-/m1/s1. The fraction of sp³-hybridized carbons (Fsp3) is 0.391. The summed E-state index contributed by atoms with van der Waals surface area (Å²) >= 11 is 0. The number of amides is 2. The van der Waals surface area contributed by atoms with Crippen molar-refractivity contribution in [1.29, 1.82) is 0 Å². The van der Waals surface area contributed by atoms with Crippen molar-refractivity contribution in [3.8, 4) is 0 Å². The predicted octanol–water partition coefficient (Wildman–Crippen LogP) is 2.39. The lowest BCUT2D eigenvalue weighted by molar-refractivity contribution is -0.123. The van der Waals surface area contributed by atoms with E-state index in [0.717, 1.165) is 21.6 Å². The van der Waals surface area contributed by atoms with Gasteiger partial charge < -0.3 is 0 Å². The SMILES string of the molecule is Cc1cc(C)c(S(=O)(=O)N2CCN([C@@H]3CC(=O)N(c4ccc(F)cc4)C3=O)CC2)c(C)c1. The summed E-state index contributed by atoms with van der Waals surface area (Å²) in [6.07, 6.45) is 0.0269. The Labute approximate surface area is 187 Å². The lowest BCUT2D eigenvalue weighted by Gasteiger charge is -2.36. The van der Waals surface area contributed by atoms with Gasteiger partial charge in [-0.05, 0) is 56.2 Å². The van der Waals surface area contributed by atoms with E-state index in [1.54, 1.807) is 13.8 Å². The van der Waals surface area contributed by atoms with E-state index in [4.69, 9.17) is 0 Å². The monoisotopic (exact) mass is 459 g/mol. The Morgan fingerprint density at radius 3 is 2.03 bits per heavy atom. The molecule has 4 rings (SSSR count). The molecule has 9 heteroatoms. The number of anilines is 1. The second kappa shape index (κ2) is 8.38. The molecule has 2 fully saturated rings. The third kappa shape index (κ3) is 3.96. The molecule has 2 aromatic rings. The fourth-order valence-corrected chi connectivity index (χ4v) is 6.55. The van der Waals surface area contributed by atoms with Gasteiger partial charge in [0, 0.05) is 26.2 Å². The Bertz CT molecular complexity index is 1150. The molecule has 170 valence electrons. The lowest BCUT2D eigenvalue weighted by atomic mass is 10.1. The van der Waals surface area contributed by atoms with Crippen molar-refractivity contribution in [1.82, 2.24) is 9.21 Å². The predicted molar refractivity (Wildman–Crippen MR) is 118 cm³/mol. The molecule has 2 aromatic carbocycles. The summed E-state index contributed by atoms with van der Waals surface area (Å²) in [6.45, 7) is 6.72. The van der Waals surface area contributed by atoms with Crippen LogP contribution in [0.3, 0.4) is 0 Å². The van der Waals surface area contributed by atoms with Crippen LogP contribution in [-0.2, 0) is 19.6 Å². The van der Waals surface area contributed by atoms with Crippen LogP contribution in [-0.4, -0.2) is 61.7 Å². The molecular weight excluding hydrogens is 433 g/mol. The van der Waals surface area contributed by atoms with Crippen LogP contribution < -0.4 is 4.90 Å². The number of carbonyl (C=O) groups is 2. The molecule has 0 bridgehead atoms. The van der Waals surface area contributed by atoms with Crippen LogP contribution in [0, 0.1) is 26.6 Å². The molecule has 0 saturated carbocycles. The number of nitrogens with zero attached hydrogens (tertiary/aromatic N) is 3. The molecule has 2 aliphatic heterocycles. The van der Waals surface area contributed by atoms with Gasteiger partial charge in [0.2, 0.25) is 15.9 Å². The zero-order chi connectivity index (χ0) is 23.2. The van der Waals surface area contributed by atoms with Gasteiger partial charge in [-0.3, -0.25) is 14.5 Å². The molecular formula is C23H26FN3O4S. The topological polar surface area (TPSA) is 78.0 Å². The number of imide groups is 1. The van der Waals surface area contributed by atoms with E-state index in [0.29, 0.717) is 23.7 Å². The smallest absolute Gasteiger partial charge is 0.251 e. The van der Waals surface area contributed by atoms with E-state index in [-0.39, 0.29) is 31.3 Å². The minimum atomic E-state index is -3.66. The number of hydrogen-bond acceptors (Lipinski definition) is 5. The van der Waals surface area contributed by atoms with Crippen LogP contribution in [0.5, 0.6) is 0 Å². The maximum absolute atomic E-state index is 13.3. The molecule has 0 spiro atoms. The first kappa shape index (κ1) is 22.6. The Hall–Kier alpha value is -2.62. The summed E-state index contributed by atoms with van der Waals surface area (Å²) in [5, 5.41) is 0. The number of aryl methyl sites for hydroxylation is 3. The number of sulfonamides is 1. The second-order valence-corrected chi connectivity index (χ2v) is 10.3. The average Bonchev–Trinajstić information content (AvgIpc) is 3.02. The first-order chi connectivity index (χ1) is 15.1. The number of halogens is 1. The third-order valence-corrected chi connectivity index (χ3v) is 8.33. The van der Waals surface area contributed by atoms with E-state index in [2.05, 4.69) is 0 Å². The Kier molecular flexibility index (Phi) is 5.91. The van der Waals surface area contributed by atoms with Crippen molar-refractivity contribution >= 4 is 27.5 Å². The van der Waals surface area contributed by atoms with Crippen molar-refractivity contribution < 1.29 is 22.4 Å². The van der Waals surface area contributed by atoms with Crippen molar-refractivity contribution in [2.75, 3.05) is 31.1 Å². The molecule has 0 radical (unpaired) electrons. The van der Waals surface area contributed by atoms with Crippen molar-refractivity contribution in [2.45, 2.75) is 38.1 Å². The van der Waals surface area contributed by atoms with Crippen molar-refractivity contribution in [2.24, 2.45) is 0 Å². The largest absolute Gasteiger partial charge is 0.289 e. The molecule has 0 unspecified atom stereocenters. The molecule has 1 atom stereocenters. The number of carbonyl (C=O) groups excluding carboxylic acids is 2. The normalized spacial score (nSPS) is 20.9. The second-order valence-electron chi connectivity index (χ2n) is 8.43. The van der Waals surface area contributed by atoms with Gasteiger partial charge in [0.1, 0.15) is 5.82 Å². The number of benzene rings is 2. The van der Waals surface area contributed by atoms with Crippen LogP contribution in [0.25, 0.3) is 0 Å². The molecule has 7 nitrogen and oxygen atoms in total. The van der Waals surface area contributed by atoms with Crippen LogP contribution in [0.15, 0.2) is 41.3 Å². The maximum Gasteiger partial charge on any atom is 0.251 e. The summed E-state index contributed by atoms with van der Waals surface area (Å²) < 4.78 is 41.3. The molecule has 2 amide bonds. The highest BCUT2D eigenvalue weighted by Crippen LogP contribution is 2.29.